The maximum absolute atomic E-state index is 11.5. The van der Waals surface area contributed by atoms with Gasteiger partial charge in [0.25, 0.3) is 11.8 Å². The van der Waals surface area contributed by atoms with E-state index in [0.717, 1.165) is 11.1 Å². The highest BCUT2D eigenvalue weighted by Gasteiger charge is 2.03. The van der Waals surface area contributed by atoms with E-state index in [0.29, 0.717) is 0 Å². The summed E-state index contributed by atoms with van der Waals surface area (Å²) in [5.74, 6) is -0.947. The monoisotopic (exact) mass is 340 g/mol. The normalized spacial score (nSPS) is 10.9. The van der Waals surface area contributed by atoms with Crippen molar-refractivity contribution in [2.75, 3.05) is 13.2 Å². The van der Waals surface area contributed by atoms with Crippen LogP contribution in [0.1, 0.15) is 11.1 Å². The van der Waals surface area contributed by atoms with Crippen molar-refractivity contribution in [3.05, 3.63) is 60.2 Å². The average Bonchev–Trinajstić information content (AvgIpc) is 2.63. The highest BCUT2D eigenvalue weighted by molar-refractivity contribution is 5.84. The van der Waals surface area contributed by atoms with Crippen LogP contribution in [0.5, 0.6) is 0 Å². The first kappa shape index (κ1) is 17.9. The standard InChI is InChI=1S/C16H16N6O3/c23-15(21-19-9-13-1-5-17-6-2-13)11-25-12-16(24)22-20-10-14-3-7-18-8-4-14/h1-10H,11-12H2,(H,21,23)(H,22,24)/b19-9-,20-10?. The van der Waals surface area contributed by atoms with Crippen molar-refractivity contribution in [2.24, 2.45) is 10.2 Å². The van der Waals surface area contributed by atoms with Crippen molar-refractivity contribution >= 4 is 24.2 Å². The van der Waals surface area contributed by atoms with Gasteiger partial charge in [0, 0.05) is 24.8 Å². The Kier molecular flexibility index (Phi) is 7.40. The molecule has 2 N–H and O–H groups in total. The van der Waals surface area contributed by atoms with Crippen LogP contribution in [0.25, 0.3) is 0 Å². The van der Waals surface area contributed by atoms with Gasteiger partial charge < -0.3 is 4.74 Å². The quantitative estimate of drug-likeness (QED) is 0.522. The van der Waals surface area contributed by atoms with Crippen LogP contribution in [-0.2, 0) is 14.3 Å². The second-order valence-electron chi connectivity index (χ2n) is 4.64. The summed E-state index contributed by atoms with van der Waals surface area (Å²) in [5.41, 5.74) is 6.16. The van der Waals surface area contributed by atoms with Gasteiger partial charge in [-0.2, -0.15) is 10.2 Å². The maximum atomic E-state index is 11.5. The second-order valence-corrected chi connectivity index (χ2v) is 4.64. The minimum atomic E-state index is -0.474. The van der Waals surface area contributed by atoms with Crippen molar-refractivity contribution < 1.29 is 14.3 Å². The third-order valence-corrected chi connectivity index (χ3v) is 2.68. The van der Waals surface area contributed by atoms with Gasteiger partial charge in [0.1, 0.15) is 13.2 Å². The molecule has 2 aromatic rings. The molecule has 0 saturated heterocycles. The zero-order valence-corrected chi connectivity index (χ0v) is 13.2. The number of carbonyl (C=O) groups is 2. The molecule has 0 unspecified atom stereocenters. The number of rotatable bonds is 8. The zero-order chi connectivity index (χ0) is 17.7. The van der Waals surface area contributed by atoms with E-state index in [4.69, 9.17) is 4.74 Å². The van der Waals surface area contributed by atoms with E-state index in [2.05, 4.69) is 31.0 Å². The summed E-state index contributed by atoms with van der Waals surface area (Å²) in [6.07, 6.45) is 9.40. The van der Waals surface area contributed by atoms with Gasteiger partial charge in [0.15, 0.2) is 0 Å². The Morgan fingerprint density at radius 3 is 1.64 bits per heavy atom. The molecule has 0 aliphatic heterocycles. The summed E-state index contributed by atoms with van der Waals surface area (Å²) in [6.45, 7) is -0.593. The van der Waals surface area contributed by atoms with Gasteiger partial charge in [-0.25, -0.2) is 10.9 Å². The van der Waals surface area contributed by atoms with Crippen LogP contribution in [0.2, 0.25) is 0 Å². The van der Waals surface area contributed by atoms with Gasteiger partial charge in [0.05, 0.1) is 12.4 Å². The number of nitrogens with zero attached hydrogens (tertiary/aromatic N) is 4. The van der Waals surface area contributed by atoms with Crippen LogP contribution in [0.3, 0.4) is 0 Å². The molecule has 9 nitrogen and oxygen atoms in total. The fourth-order valence-corrected chi connectivity index (χ4v) is 1.56. The number of ether oxygens (including phenoxy) is 1. The molecule has 0 atom stereocenters. The lowest BCUT2D eigenvalue weighted by atomic mass is 10.3. The molecule has 0 radical (unpaired) electrons. The molecule has 9 heteroatoms. The lowest BCUT2D eigenvalue weighted by Crippen LogP contribution is -2.28. The average molecular weight is 340 g/mol. The molecule has 0 saturated carbocycles. The molecule has 128 valence electrons. The van der Waals surface area contributed by atoms with Crippen molar-refractivity contribution in [1.82, 2.24) is 20.8 Å². The number of nitrogens with one attached hydrogen (secondary N) is 2. The van der Waals surface area contributed by atoms with Crippen LogP contribution in [0, 0.1) is 0 Å². The highest BCUT2D eigenvalue weighted by Crippen LogP contribution is 1.91. The Bertz CT molecular complexity index is 671. The number of hydrazone groups is 2. The maximum Gasteiger partial charge on any atom is 0.266 e. The van der Waals surface area contributed by atoms with Crippen molar-refractivity contribution in [1.29, 1.82) is 0 Å². The van der Waals surface area contributed by atoms with Gasteiger partial charge in [-0.05, 0) is 35.4 Å². The van der Waals surface area contributed by atoms with E-state index in [1.807, 2.05) is 0 Å². The van der Waals surface area contributed by atoms with Gasteiger partial charge in [-0.3, -0.25) is 19.6 Å². The molecule has 2 amide bonds. The van der Waals surface area contributed by atoms with Crippen molar-refractivity contribution in [2.45, 2.75) is 0 Å². The Morgan fingerprint density at radius 2 is 1.24 bits per heavy atom. The van der Waals surface area contributed by atoms with Crippen LogP contribution < -0.4 is 10.9 Å². The number of aromatic nitrogens is 2. The molecule has 25 heavy (non-hydrogen) atoms. The number of pyridine rings is 2. The predicted molar refractivity (Wildman–Crippen MR) is 90.8 cm³/mol. The molecule has 0 spiro atoms. The number of carbonyl (C=O) groups excluding carboxylic acids is 2. The van der Waals surface area contributed by atoms with Gasteiger partial charge in [0.2, 0.25) is 0 Å². The summed E-state index contributed by atoms with van der Waals surface area (Å²) in [4.78, 5) is 30.7. The first-order valence-corrected chi connectivity index (χ1v) is 7.25. The SMILES string of the molecule is O=C(COCC(=O)N/N=C\c1ccncc1)NN=Cc1ccncc1. The van der Waals surface area contributed by atoms with E-state index in [1.54, 1.807) is 49.1 Å². The Hall–Kier alpha value is -3.46. The van der Waals surface area contributed by atoms with E-state index >= 15 is 0 Å². The van der Waals surface area contributed by atoms with Crippen LogP contribution in [0.4, 0.5) is 0 Å². The molecule has 0 aromatic carbocycles. The van der Waals surface area contributed by atoms with Crippen molar-refractivity contribution in [3.63, 3.8) is 0 Å². The largest absolute Gasteiger partial charge is 0.362 e. The summed E-state index contributed by atoms with van der Waals surface area (Å²) in [6, 6.07) is 6.96. The van der Waals surface area contributed by atoms with E-state index in [1.165, 1.54) is 12.4 Å². The molecular formula is C16H16N6O3. The molecule has 0 aliphatic carbocycles. The zero-order valence-electron chi connectivity index (χ0n) is 13.2. The fourth-order valence-electron chi connectivity index (χ4n) is 1.56. The summed E-state index contributed by atoms with van der Waals surface area (Å²) in [7, 11) is 0. The molecule has 0 fully saturated rings. The molecule has 0 aliphatic rings. The number of amides is 2. The number of hydrogen-bond donors (Lipinski definition) is 2. The minimum absolute atomic E-state index is 0.296. The van der Waals surface area contributed by atoms with Crippen LogP contribution >= 0.6 is 0 Å². The fraction of sp³-hybridized carbons (Fsp3) is 0.125. The lowest BCUT2D eigenvalue weighted by Gasteiger charge is -2.02. The molecule has 0 bridgehead atoms. The second kappa shape index (κ2) is 10.3. The molecule has 2 aromatic heterocycles. The molecule has 2 heterocycles. The van der Waals surface area contributed by atoms with Gasteiger partial charge >= 0.3 is 0 Å². The third kappa shape index (κ3) is 7.57. The first-order valence-electron chi connectivity index (χ1n) is 7.25. The number of hydrogen-bond acceptors (Lipinski definition) is 7. The summed E-state index contributed by atoms with van der Waals surface area (Å²) in [5, 5.41) is 7.52. The summed E-state index contributed by atoms with van der Waals surface area (Å²) < 4.78 is 4.97. The topological polar surface area (TPSA) is 118 Å². The minimum Gasteiger partial charge on any atom is -0.362 e. The van der Waals surface area contributed by atoms with E-state index in [9.17, 15) is 9.59 Å². The molecule has 2 rings (SSSR count). The van der Waals surface area contributed by atoms with Gasteiger partial charge in [-0.1, -0.05) is 0 Å². The first-order chi connectivity index (χ1) is 12.2. The van der Waals surface area contributed by atoms with Crippen LogP contribution in [-0.4, -0.2) is 47.4 Å². The third-order valence-electron chi connectivity index (χ3n) is 2.68. The molecular weight excluding hydrogens is 324 g/mol. The van der Waals surface area contributed by atoms with E-state index < -0.39 is 11.8 Å². The highest BCUT2D eigenvalue weighted by atomic mass is 16.5. The lowest BCUT2D eigenvalue weighted by molar-refractivity contribution is -0.130. The predicted octanol–water partition coefficient (Wildman–Crippen LogP) is 0.0936. The van der Waals surface area contributed by atoms with Crippen molar-refractivity contribution in [3.8, 4) is 0 Å². The summed E-state index contributed by atoms with van der Waals surface area (Å²) >= 11 is 0. The van der Waals surface area contributed by atoms with Gasteiger partial charge in [-0.15, -0.1) is 0 Å². The van der Waals surface area contributed by atoms with Crippen LogP contribution in [0.15, 0.2) is 59.3 Å². The Morgan fingerprint density at radius 1 is 0.840 bits per heavy atom. The Balaban J connectivity index is 1.59. The van der Waals surface area contributed by atoms with E-state index in [-0.39, 0.29) is 13.2 Å². The Labute approximate surface area is 143 Å². The smallest absolute Gasteiger partial charge is 0.266 e.